The molecule has 1 rings (SSSR count). The Balaban J connectivity index is 2.13. The summed E-state index contributed by atoms with van der Waals surface area (Å²) in [5.74, 6) is 0.217. The average Bonchev–Trinajstić information content (AvgIpc) is 2.58. The Morgan fingerprint density at radius 2 is 2.06 bits per heavy atom. The number of nitriles is 1. The Bertz CT molecular complexity index is 225. The van der Waals surface area contributed by atoms with Crippen molar-refractivity contribution in [2.24, 2.45) is 5.92 Å². The summed E-state index contributed by atoms with van der Waals surface area (Å²) in [5, 5.41) is 12.7. The van der Waals surface area contributed by atoms with E-state index in [1.807, 2.05) is 0 Å². The molecule has 0 aliphatic heterocycles. The Kier molecular flexibility index (Phi) is 8.04. The highest BCUT2D eigenvalue weighted by molar-refractivity contribution is 4.93. The zero-order valence-corrected chi connectivity index (χ0v) is 11.1. The van der Waals surface area contributed by atoms with Crippen LogP contribution in [-0.4, -0.2) is 25.8 Å². The monoisotopic (exact) mass is 238 g/mol. The van der Waals surface area contributed by atoms with E-state index in [1.54, 1.807) is 0 Å². The molecule has 98 valence electrons. The van der Waals surface area contributed by atoms with Gasteiger partial charge in [-0.25, -0.2) is 0 Å². The van der Waals surface area contributed by atoms with Crippen LogP contribution in [0.3, 0.4) is 0 Å². The van der Waals surface area contributed by atoms with E-state index in [1.165, 1.54) is 19.3 Å². The Labute approximate surface area is 106 Å². The summed E-state index contributed by atoms with van der Waals surface area (Å²) in [4.78, 5) is 0. The second-order valence-corrected chi connectivity index (χ2v) is 4.90. The summed E-state index contributed by atoms with van der Waals surface area (Å²) >= 11 is 0. The number of nitrogens with one attached hydrogen (secondary N) is 1. The first-order valence-corrected chi connectivity index (χ1v) is 7.09. The van der Waals surface area contributed by atoms with Crippen molar-refractivity contribution in [3.05, 3.63) is 0 Å². The van der Waals surface area contributed by atoms with Gasteiger partial charge in [-0.2, -0.15) is 5.26 Å². The third kappa shape index (κ3) is 6.05. The van der Waals surface area contributed by atoms with Gasteiger partial charge in [0.15, 0.2) is 0 Å². The van der Waals surface area contributed by atoms with Gasteiger partial charge >= 0.3 is 0 Å². The largest absolute Gasteiger partial charge is 0.381 e. The molecular formula is C14H26N2O. The molecule has 0 aromatic rings. The van der Waals surface area contributed by atoms with Gasteiger partial charge in [0.25, 0.3) is 0 Å². The quantitative estimate of drug-likeness (QED) is 0.548. The van der Waals surface area contributed by atoms with Crippen LogP contribution in [0.5, 0.6) is 0 Å². The van der Waals surface area contributed by atoms with E-state index in [0.29, 0.717) is 6.04 Å². The van der Waals surface area contributed by atoms with Crippen LogP contribution in [0.4, 0.5) is 0 Å². The first kappa shape index (κ1) is 14.5. The molecule has 0 amide bonds. The van der Waals surface area contributed by atoms with Gasteiger partial charge in [0.1, 0.15) is 0 Å². The lowest BCUT2D eigenvalue weighted by Crippen LogP contribution is -2.36. The lowest BCUT2D eigenvalue weighted by molar-refractivity contribution is 0.131. The molecule has 17 heavy (non-hydrogen) atoms. The van der Waals surface area contributed by atoms with Gasteiger partial charge < -0.3 is 10.1 Å². The highest BCUT2D eigenvalue weighted by atomic mass is 16.5. The number of ether oxygens (including phenoxy) is 1. The van der Waals surface area contributed by atoms with Crippen LogP contribution in [0.2, 0.25) is 0 Å². The summed E-state index contributed by atoms with van der Waals surface area (Å²) in [6.45, 7) is 4.81. The highest BCUT2D eigenvalue weighted by Gasteiger charge is 2.22. The molecule has 1 aliphatic rings. The molecule has 3 nitrogen and oxygen atoms in total. The van der Waals surface area contributed by atoms with E-state index in [4.69, 9.17) is 10.00 Å². The lowest BCUT2D eigenvalue weighted by Gasteiger charge is -2.20. The number of hydrogen-bond acceptors (Lipinski definition) is 3. The second kappa shape index (κ2) is 9.44. The van der Waals surface area contributed by atoms with E-state index in [-0.39, 0.29) is 5.92 Å². The van der Waals surface area contributed by atoms with Crippen molar-refractivity contribution >= 4 is 0 Å². The Morgan fingerprint density at radius 1 is 1.24 bits per heavy atom. The normalized spacial score (nSPS) is 25.2. The predicted octanol–water partition coefficient (Wildman–Crippen LogP) is 2.87. The maximum atomic E-state index is 9.14. The number of rotatable bonds is 7. The van der Waals surface area contributed by atoms with Gasteiger partial charge in [-0.15, -0.1) is 0 Å². The summed E-state index contributed by atoms with van der Waals surface area (Å²) in [5.41, 5.74) is 0. The zero-order valence-electron chi connectivity index (χ0n) is 11.1. The minimum absolute atomic E-state index is 0.217. The van der Waals surface area contributed by atoms with E-state index >= 15 is 0 Å². The van der Waals surface area contributed by atoms with Gasteiger partial charge in [-0.05, 0) is 32.2 Å². The van der Waals surface area contributed by atoms with Gasteiger partial charge in [0, 0.05) is 19.3 Å². The van der Waals surface area contributed by atoms with Crippen LogP contribution in [0.1, 0.15) is 51.9 Å². The van der Waals surface area contributed by atoms with Gasteiger partial charge in [0.2, 0.25) is 0 Å². The minimum Gasteiger partial charge on any atom is -0.381 e. The van der Waals surface area contributed by atoms with Crippen molar-refractivity contribution in [1.82, 2.24) is 5.32 Å². The molecule has 1 aliphatic carbocycles. The molecule has 0 heterocycles. The number of nitrogens with zero attached hydrogens (tertiary/aromatic N) is 1. The zero-order chi connectivity index (χ0) is 12.3. The molecule has 0 saturated heterocycles. The fourth-order valence-electron chi connectivity index (χ4n) is 2.41. The van der Waals surface area contributed by atoms with Crippen molar-refractivity contribution in [3.8, 4) is 6.07 Å². The van der Waals surface area contributed by atoms with E-state index in [9.17, 15) is 0 Å². The molecule has 0 bridgehead atoms. The summed E-state index contributed by atoms with van der Waals surface area (Å²) in [7, 11) is 0. The SMILES string of the molecule is CCCOCCCNC1CCCCCC1C#N. The fraction of sp³-hybridized carbons (Fsp3) is 0.929. The van der Waals surface area contributed by atoms with Crippen molar-refractivity contribution in [2.45, 2.75) is 57.9 Å². The molecule has 3 heteroatoms. The smallest absolute Gasteiger partial charge is 0.0672 e. The van der Waals surface area contributed by atoms with Crippen molar-refractivity contribution in [2.75, 3.05) is 19.8 Å². The molecule has 0 radical (unpaired) electrons. The Hall–Kier alpha value is -0.590. The van der Waals surface area contributed by atoms with Gasteiger partial charge in [-0.1, -0.05) is 26.2 Å². The van der Waals surface area contributed by atoms with Crippen molar-refractivity contribution in [3.63, 3.8) is 0 Å². The van der Waals surface area contributed by atoms with Crippen LogP contribution in [0, 0.1) is 17.2 Å². The first-order chi connectivity index (χ1) is 8.38. The topological polar surface area (TPSA) is 45.0 Å². The number of hydrogen-bond donors (Lipinski definition) is 1. The van der Waals surface area contributed by atoms with Crippen LogP contribution < -0.4 is 5.32 Å². The van der Waals surface area contributed by atoms with E-state index in [2.05, 4.69) is 18.3 Å². The second-order valence-electron chi connectivity index (χ2n) is 4.90. The van der Waals surface area contributed by atoms with Crippen LogP contribution in [0.25, 0.3) is 0 Å². The maximum absolute atomic E-state index is 9.14. The Morgan fingerprint density at radius 3 is 2.82 bits per heavy atom. The van der Waals surface area contributed by atoms with Gasteiger partial charge in [0.05, 0.1) is 12.0 Å². The molecule has 1 N–H and O–H groups in total. The molecular weight excluding hydrogens is 212 g/mol. The molecule has 1 fully saturated rings. The third-order valence-corrected chi connectivity index (χ3v) is 3.40. The lowest BCUT2D eigenvalue weighted by atomic mass is 9.96. The van der Waals surface area contributed by atoms with E-state index < -0.39 is 0 Å². The van der Waals surface area contributed by atoms with Crippen LogP contribution in [-0.2, 0) is 4.74 Å². The van der Waals surface area contributed by atoms with Crippen molar-refractivity contribution in [1.29, 1.82) is 5.26 Å². The fourth-order valence-corrected chi connectivity index (χ4v) is 2.41. The van der Waals surface area contributed by atoms with Gasteiger partial charge in [-0.3, -0.25) is 0 Å². The minimum atomic E-state index is 0.217. The van der Waals surface area contributed by atoms with E-state index in [0.717, 1.165) is 45.4 Å². The summed E-state index contributed by atoms with van der Waals surface area (Å²) in [6, 6.07) is 2.87. The standard InChI is InChI=1S/C14H26N2O/c1-2-10-17-11-6-9-16-14-8-5-3-4-7-13(14)12-15/h13-14,16H,2-11H2,1H3. The average molecular weight is 238 g/mol. The molecule has 0 spiro atoms. The molecule has 0 aromatic heterocycles. The molecule has 2 unspecified atom stereocenters. The first-order valence-electron chi connectivity index (χ1n) is 7.09. The third-order valence-electron chi connectivity index (χ3n) is 3.40. The van der Waals surface area contributed by atoms with Crippen molar-refractivity contribution < 1.29 is 4.74 Å². The molecule has 2 atom stereocenters. The summed E-state index contributed by atoms with van der Waals surface area (Å²) < 4.78 is 5.45. The van der Waals surface area contributed by atoms with Crippen LogP contribution >= 0.6 is 0 Å². The summed E-state index contributed by atoms with van der Waals surface area (Å²) in [6.07, 6.45) is 8.14. The maximum Gasteiger partial charge on any atom is 0.0672 e. The molecule has 0 aromatic carbocycles. The molecule has 1 saturated carbocycles. The van der Waals surface area contributed by atoms with Crippen LogP contribution in [0.15, 0.2) is 0 Å². The predicted molar refractivity (Wildman–Crippen MR) is 69.7 cm³/mol. The highest BCUT2D eigenvalue weighted by Crippen LogP contribution is 2.22.